The summed E-state index contributed by atoms with van der Waals surface area (Å²) in [6, 6.07) is 7.45. The number of rotatable bonds is 6. The first-order valence-corrected chi connectivity index (χ1v) is 12.1. The Morgan fingerprint density at radius 2 is 1.76 bits per heavy atom. The van der Waals surface area contributed by atoms with E-state index in [0.29, 0.717) is 17.7 Å². The number of nitrogens with zero attached hydrogens (tertiary/aromatic N) is 2. The molecule has 2 N–H and O–H groups in total. The summed E-state index contributed by atoms with van der Waals surface area (Å²) in [6.45, 7) is 3.26. The first-order chi connectivity index (χ1) is 13.9. The number of piperazine rings is 1. The first kappa shape index (κ1) is 20.3. The molecule has 0 radical (unpaired) electrons. The zero-order valence-corrected chi connectivity index (χ0v) is 17.3. The van der Waals surface area contributed by atoms with Crippen LogP contribution in [-0.2, 0) is 14.6 Å². The van der Waals surface area contributed by atoms with Gasteiger partial charge in [0.2, 0.25) is 5.91 Å². The van der Waals surface area contributed by atoms with Crippen molar-refractivity contribution in [2.24, 2.45) is 0 Å². The van der Waals surface area contributed by atoms with Crippen LogP contribution in [0.25, 0.3) is 0 Å². The summed E-state index contributed by atoms with van der Waals surface area (Å²) < 4.78 is 23.4. The quantitative estimate of drug-likeness (QED) is 0.688. The average Bonchev–Trinajstić information content (AvgIpc) is 3.42. The van der Waals surface area contributed by atoms with Gasteiger partial charge in [0.05, 0.1) is 29.3 Å². The third-order valence-electron chi connectivity index (χ3n) is 5.86. The Morgan fingerprint density at radius 3 is 2.41 bits per heavy atom. The van der Waals surface area contributed by atoms with Crippen LogP contribution in [0.4, 0.5) is 5.69 Å². The monoisotopic (exact) mass is 420 g/mol. The molecule has 2 heterocycles. The molecule has 1 aromatic rings. The zero-order valence-electron chi connectivity index (χ0n) is 16.5. The van der Waals surface area contributed by atoms with Gasteiger partial charge >= 0.3 is 0 Å². The van der Waals surface area contributed by atoms with E-state index in [4.69, 9.17) is 0 Å². The Labute approximate surface area is 171 Å². The summed E-state index contributed by atoms with van der Waals surface area (Å²) in [7, 11) is -2.88. The van der Waals surface area contributed by atoms with E-state index in [0.717, 1.165) is 39.0 Å². The highest BCUT2D eigenvalue weighted by Crippen LogP contribution is 2.22. The molecule has 1 aliphatic carbocycles. The Bertz CT molecular complexity index is 876. The molecule has 1 atom stereocenters. The van der Waals surface area contributed by atoms with Gasteiger partial charge in [-0.1, -0.05) is 12.1 Å². The van der Waals surface area contributed by atoms with Crippen molar-refractivity contribution in [1.82, 2.24) is 15.1 Å². The summed E-state index contributed by atoms with van der Waals surface area (Å²) >= 11 is 0. The van der Waals surface area contributed by atoms with Crippen molar-refractivity contribution in [2.75, 3.05) is 49.5 Å². The van der Waals surface area contributed by atoms with Crippen LogP contribution in [-0.4, -0.2) is 86.3 Å². The van der Waals surface area contributed by atoms with E-state index in [1.54, 1.807) is 24.3 Å². The molecule has 1 saturated carbocycles. The average molecular weight is 421 g/mol. The smallest absolute Gasteiger partial charge is 0.253 e. The summed E-state index contributed by atoms with van der Waals surface area (Å²) in [4.78, 5) is 29.2. The molecule has 8 nitrogen and oxygen atoms in total. The van der Waals surface area contributed by atoms with Gasteiger partial charge in [-0.2, -0.15) is 0 Å². The highest BCUT2D eigenvalue weighted by molar-refractivity contribution is 7.91. The Balaban J connectivity index is 1.27. The molecule has 3 aliphatic rings. The van der Waals surface area contributed by atoms with Gasteiger partial charge in [0, 0.05) is 38.3 Å². The van der Waals surface area contributed by atoms with Crippen LogP contribution in [0.15, 0.2) is 24.3 Å². The van der Waals surface area contributed by atoms with Crippen LogP contribution in [0.2, 0.25) is 0 Å². The third kappa shape index (κ3) is 5.34. The maximum absolute atomic E-state index is 12.5. The molecule has 4 rings (SSSR count). The maximum Gasteiger partial charge on any atom is 0.253 e. The van der Waals surface area contributed by atoms with Crippen molar-refractivity contribution in [3.63, 3.8) is 0 Å². The molecular formula is C20H28N4O4S. The lowest BCUT2D eigenvalue weighted by molar-refractivity contribution is -0.117. The van der Waals surface area contributed by atoms with Crippen LogP contribution in [0.5, 0.6) is 0 Å². The number of benzene rings is 1. The molecule has 0 bridgehead atoms. The van der Waals surface area contributed by atoms with Crippen LogP contribution < -0.4 is 10.6 Å². The lowest BCUT2D eigenvalue weighted by Crippen LogP contribution is -2.52. The van der Waals surface area contributed by atoms with Gasteiger partial charge in [-0.15, -0.1) is 0 Å². The lowest BCUT2D eigenvalue weighted by atomic mass is 10.1. The molecular weight excluding hydrogens is 392 g/mol. The standard InChI is InChI=1S/C20H28N4O4S/c25-19(22-18-4-2-1-3-17(18)20(26)21-15-5-6-15)13-23-8-10-24(11-9-23)16-7-12-29(27,28)14-16/h1-4,15-16H,5-14H2,(H,21,26)(H,22,25). The van der Waals surface area contributed by atoms with Gasteiger partial charge in [0.25, 0.3) is 5.91 Å². The van der Waals surface area contributed by atoms with Crippen molar-refractivity contribution in [1.29, 1.82) is 0 Å². The summed E-state index contributed by atoms with van der Waals surface area (Å²) in [6.07, 6.45) is 2.74. The summed E-state index contributed by atoms with van der Waals surface area (Å²) in [5.74, 6) is 0.249. The minimum Gasteiger partial charge on any atom is -0.349 e. The highest BCUT2D eigenvalue weighted by atomic mass is 32.2. The first-order valence-electron chi connectivity index (χ1n) is 10.3. The molecule has 29 heavy (non-hydrogen) atoms. The second-order valence-electron chi connectivity index (χ2n) is 8.21. The second-order valence-corrected chi connectivity index (χ2v) is 10.4. The van der Waals surface area contributed by atoms with Crippen molar-refractivity contribution < 1.29 is 18.0 Å². The summed E-state index contributed by atoms with van der Waals surface area (Å²) in [5, 5.41) is 5.83. The number of hydrogen-bond acceptors (Lipinski definition) is 6. The van der Waals surface area contributed by atoms with Crippen LogP contribution in [0.1, 0.15) is 29.6 Å². The molecule has 158 valence electrons. The van der Waals surface area contributed by atoms with Crippen LogP contribution in [0.3, 0.4) is 0 Å². The van der Waals surface area contributed by atoms with E-state index in [1.165, 1.54) is 0 Å². The van der Waals surface area contributed by atoms with Crippen molar-refractivity contribution >= 4 is 27.3 Å². The topological polar surface area (TPSA) is 98.8 Å². The van der Waals surface area contributed by atoms with Gasteiger partial charge in [-0.25, -0.2) is 8.42 Å². The van der Waals surface area contributed by atoms with Crippen molar-refractivity contribution in [3.05, 3.63) is 29.8 Å². The predicted molar refractivity (Wildman–Crippen MR) is 111 cm³/mol. The minimum atomic E-state index is -2.88. The van der Waals surface area contributed by atoms with Crippen LogP contribution >= 0.6 is 0 Å². The Morgan fingerprint density at radius 1 is 1.03 bits per heavy atom. The summed E-state index contributed by atoms with van der Waals surface area (Å²) in [5.41, 5.74) is 1.02. The fourth-order valence-corrected chi connectivity index (χ4v) is 5.79. The van der Waals surface area contributed by atoms with E-state index in [-0.39, 0.29) is 41.9 Å². The number of carbonyl (C=O) groups excluding carboxylic acids is 2. The Kier molecular flexibility index (Phi) is 5.89. The predicted octanol–water partition coefficient (Wildman–Crippen LogP) is 0.322. The molecule has 0 aromatic heterocycles. The third-order valence-corrected chi connectivity index (χ3v) is 7.61. The fourth-order valence-electron chi connectivity index (χ4n) is 4.02. The van der Waals surface area contributed by atoms with Gasteiger partial charge in [-0.3, -0.25) is 19.4 Å². The molecule has 0 spiro atoms. The maximum atomic E-state index is 12.5. The van der Waals surface area contributed by atoms with E-state index in [9.17, 15) is 18.0 Å². The molecule has 2 saturated heterocycles. The van der Waals surface area contributed by atoms with E-state index in [2.05, 4.69) is 20.4 Å². The van der Waals surface area contributed by atoms with Crippen molar-refractivity contribution in [2.45, 2.75) is 31.3 Å². The second kappa shape index (κ2) is 8.41. The fraction of sp³-hybridized carbons (Fsp3) is 0.600. The molecule has 2 aliphatic heterocycles. The molecule has 1 aromatic carbocycles. The van der Waals surface area contributed by atoms with Crippen LogP contribution in [0, 0.1) is 0 Å². The minimum absolute atomic E-state index is 0.118. The normalized spacial score (nSPS) is 24.9. The van der Waals surface area contributed by atoms with Gasteiger partial charge in [0.1, 0.15) is 0 Å². The number of para-hydroxylation sites is 1. The number of carbonyl (C=O) groups is 2. The van der Waals surface area contributed by atoms with Gasteiger partial charge < -0.3 is 10.6 Å². The molecule has 1 unspecified atom stereocenters. The largest absolute Gasteiger partial charge is 0.349 e. The molecule has 3 fully saturated rings. The van der Waals surface area contributed by atoms with Gasteiger partial charge in [0.15, 0.2) is 9.84 Å². The number of amides is 2. The number of anilines is 1. The zero-order chi connectivity index (χ0) is 20.4. The molecule has 2 amide bonds. The number of sulfone groups is 1. The lowest BCUT2D eigenvalue weighted by Gasteiger charge is -2.37. The van der Waals surface area contributed by atoms with Crippen molar-refractivity contribution in [3.8, 4) is 0 Å². The SMILES string of the molecule is O=C(CN1CCN(C2CCS(=O)(=O)C2)CC1)Nc1ccccc1C(=O)NC1CC1. The van der Waals surface area contributed by atoms with E-state index >= 15 is 0 Å². The van der Waals surface area contributed by atoms with E-state index in [1.807, 2.05) is 0 Å². The number of hydrogen-bond donors (Lipinski definition) is 2. The number of nitrogens with one attached hydrogen (secondary N) is 2. The van der Waals surface area contributed by atoms with E-state index < -0.39 is 9.84 Å². The highest BCUT2D eigenvalue weighted by Gasteiger charge is 2.34. The molecule has 9 heteroatoms. The van der Waals surface area contributed by atoms with Gasteiger partial charge in [-0.05, 0) is 31.4 Å². The Hall–Kier alpha value is -1.97.